The minimum Gasteiger partial charge on any atom is -0.396 e. The number of rotatable bonds is 3. The van der Waals surface area contributed by atoms with Gasteiger partial charge in [-0.25, -0.2) is 0 Å². The van der Waals surface area contributed by atoms with Crippen molar-refractivity contribution in [1.29, 1.82) is 0 Å². The summed E-state index contributed by atoms with van der Waals surface area (Å²) in [6.45, 7) is 8.64. The van der Waals surface area contributed by atoms with E-state index in [4.69, 9.17) is 5.73 Å². The second kappa shape index (κ2) is 4.09. The molecule has 0 bridgehead atoms. The lowest BCUT2D eigenvalue weighted by molar-refractivity contribution is 0.747. The van der Waals surface area contributed by atoms with Gasteiger partial charge in [0.2, 0.25) is 0 Å². The monoisotopic (exact) mass is 198 g/mol. The third kappa shape index (κ3) is 2.02. The maximum Gasteiger partial charge on any atom is 0.0799 e. The highest BCUT2D eigenvalue weighted by molar-refractivity contribution is 7.06. The van der Waals surface area contributed by atoms with Gasteiger partial charge in [0.05, 0.1) is 16.3 Å². The molecule has 0 radical (unpaired) electrons. The molecule has 0 amide bonds. The summed E-state index contributed by atoms with van der Waals surface area (Å²) in [6, 6.07) is 0. The smallest absolute Gasteiger partial charge is 0.0799 e. The molecule has 0 aliphatic rings. The number of hydrogen-bond donors (Lipinski definition) is 1. The predicted octanol–water partition coefficient (Wildman–Crippen LogP) is 3.36. The van der Waals surface area contributed by atoms with E-state index in [1.54, 1.807) is 11.5 Å². The first-order valence-corrected chi connectivity index (χ1v) is 5.60. The highest BCUT2D eigenvalue weighted by Gasteiger charge is 2.16. The highest BCUT2D eigenvalue weighted by Crippen LogP contribution is 2.34. The number of nitrogens with two attached hydrogens (primary N) is 1. The fraction of sp³-hybridized carbons (Fsp3) is 0.700. The number of anilines is 1. The summed E-state index contributed by atoms with van der Waals surface area (Å²) in [6.07, 6.45) is 1.13. The summed E-state index contributed by atoms with van der Waals surface area (Å²) in [5.74, 6) is 0.985. The summed E-state index contributed by atoms with van der Waals surface area (Å²) in [5, 5.41) is 0. The van der Waals surface area contributed by atoms with Crippen molar-refractivity contribution in [1.82, 2.24) is 4.37 Å². The molecule has 74 valence electrons. The van der Waals surface area contributed by atoms with Gasteiger partial charge in [-0.3, -0.25) is 0 Å². The van der Waals surface area contributed by atoms with Crippen LogP contribution in [0.5, 0.6) is 0 Å². The molecule has 0 spiro atoms. The molecule has 1 aromatic rings. The zero-order valence-corrected chi connectivity index (χ0v) is 9.61. The Labute approximate surface area is 84.3 Å². The van der Waals surface area contributed by atoms with Crippen LogP contribution in [0.2, 0.25) is 0 Å². The largest absolute Gasteiger partial charge is 0.396 e. The molecular formula is C10H18N2S. The SMILES string of the molecule is CCC(C)c1snc(C(C)C)c1N. The van der Waals surface area contributed by atoms with E-state index in [0.29, 0.717) is 11.8 Å². The van der Waals surface area contributed by atoms with Crippen LogP contribution in [-0.2, 0) is 0 Å². The average Bonchev–Trinajstić information content (AvgIpc) is 2.46. The Hall–Kier alpha value is -0.570. The summed E-state index contributed by atoms with van der Waals surface area (Å²) in [7, 11) is 0. The zero-order valence-electron chi connectivity index (χ0n) is 8.79. The third-order valence-corrected chi connectivity index (χ3v) is 3.50. The van der Waals surface area contributed by atoms with Gasteiger partial charge in [0.25, 0.3) is 0 Å². The second-order valence-electron chi connectivity index (χ2n) is 3.81. The van der Waals surface area contributed by atoms with E-state index in [2.05, 4.69) is 32.1 Å². The Morgan fingerprint density at radius 1 is 1.38 bits per heavy atom. The van der Waals surface area contributed by atoms with E-state index < -0.39 is 0 Å². The quantitative estimate of drug-likeness (QED) is 0.808. The van der Waals surface area contributed by atoms with Gasteiger partial charge in [-0.15, -0.1) is 0 Å². The van der Waals surface area contributed by atoms with Crippen molar-refractivity contribution in [2.75, 3.05) is 5.73 Å². The normalized spacial score (nSPS) is 13.6. The molecule has 0 saturated heterocycles. The second-order valence-corrected chi connectivity index (χ2v) is 4.61. The molecule has 0 saturated carbocycles. The highest BCUT2D eigenvalue weighted by atomic mass is 32.1. The van der Waals surface area contributed by atoms with Crippen molar-refractivity contribution < 1.29 is 0 Å². The van der Waals surface area contributed by atoms with Crippen LogP contribution in [0.4, 0.5) is 5.69 Å². The predicted molar refractivity (Wildman–Crippen MR) is 59.3 cm³/mol. The zero-order chi connectivity index (χ0) is 10.0. The molecule has 2 nitrogen and oxygen atoms in total. The minimum absolute atomic E-state index is 0.439. The van der Waals surface area contributed by atoms with Gasteiger partial charge in [-0.05, 0) is 29.8 Å². The molecular weight excluding hydrogens is 180 g/mol. The molecule has 3 heteroatoms. The van der Waals surface area contributed by atoms with E-state index in [9.17, 15) is 0 Å². The molecule has 13 heavy (non-hydrogen) atoms. The summed E-state index contributed by atoms with van der Waals surface area (Å²) in [4.78, 5) is 1.26. The standard InChI is InChI=1S/C10H18N2S/c1-5-7(4)10-8(11)9(6(2)3)12-13-10/h6-7H,5,11H2,1-4H3. The van der Waals surface area contributed by atoms with Gasteiger partial charge in [0, 0.05) is 0 Å². The molecule has 2 N–H and O–H groups in total. The molecule has 0 aliphatic carbocycles. The Balaban J connectivity index is 2.99. The van der Waals surface area contributed by atoms with Crippen LogP contribution in [0.1, 0.15) is 56.5 Å². The average molecular weight is 198 g/mol. The summed E-state index contributed by atoms with van der Waals surface area (Å²) >= 11 is 1.56. The molecule has 1 rings (SSSR count). The molecule has 1 unspecified atom stereocenters. The third-order valence-electron chi connectivity index (χ3n) is 2.39. The Morgan fingerprint density at radius 2 is 2.00 bits per heavy atom. The van der Waals surface area contributed by atoms with Gasteiger partial charge < -0.3 is 5.73 Å². The molecule has 1 atom stereocenters. The molecule has 1 heterocycles. The summed E-state index contributed by atoms with van der Waals surface area (Å²) < 4.78 is 4.40. The van der Waals surface area contributed by atoms with Crippen molar-refractivity contribution in [3.8, 4) is 0 Å². The van der Waals surface area contributed by atoms with Crippen LogP contribution in [0.3, 0.4) is 0 Å². The lowest BCUT2D eigenvalue weighted by Crippen LogP contribution is -1.98. The van der Waals surface area contributed by atoms with Crippen LogP contribution in [-0.4, -0.2) is 4.37 Å². The van der Waals surface area contributed by atoms with E-state index in [1.165, 1.54) is 4.88 Å². The fourth-order valence-electron chi connectivity index (χ4n) is 1.28. The maximum atomic E-state index is 6.03. The molecule has 0 aliphatic heterocycles. The van der Waals surface area contributed by atoms with Crippen LogP contribution >= 0.6 is 11.5 Å². The molecule has 0 aromatic carbocycles. The van der Waals surface area contributed by atoms with Gasteiger partial charge in [-0.2, -0.15) is 4.37 Å². The number of hydrogen-bond acceptors (Lipinski definition) is 3. The molecule has 1 aromatic heterocycles. The van der Waals surface area contributed by atoms with E-state index in [0.717, 1.165) is 17.8 Å². The van der Waals surface area contributed by atoms with Crippen LogP contribution < -0.4 is 5.73 Å². The van der Waals surface area contributed by atoms with Crippen molar-refractivity contribution in [3.63, 3.8) is 0 Å². The van der Waals surface area contributed by atoms with Gasteiger partial charge in [-0.1, -0.05) is 27.7 Å². The van der Waals surface area contributed by atoms with Gasteiger partial charge in [0.15, 0.2) is 0 Å². The van der Waals surface area contributed by atoms with Crippen molar-refractivity contribution in [2.24, 2.45) is 0 Å². The van der Waals surface area contributed by atoms with Gasteiger partial charge >= 0.3 is 0 Å². The first-order chi connectivity index (χ1) is 6.07. The number of aromatic nitrogens is 1. The topological polar surface area (TPSA) is 38.9 Å². The Bertz CT molecular complexity index is 278. The van der Waals surface area contributed by atoms with E-state index in [-0.39, 0.29) is 0 Å². The lowest BCUT2D eigenvalue weighted by Gasteiger charge is -2.07. The number of nitrogen functional groups attached to an aromatic ring is 1. The first-order valence-electron chi connectivity index (χ1n) is 4.82. The van der Waals surface area contributed by atoms with Crippen LogP contribution in [0, 0.1) is 0 Å². The minimum atomic E-state index is 0.439. The van der Waals surface area contributed by atoms with E-state index >= 15 is 0 Å². The Morgan fingerprint density at radius 3 is 2.38 bits per heavy atom. The summed E-state index contributed by atoms with van der Waals surface area (Å²) in [5.41, 5.74) is 8.02. The number of nitrogens with zero attached hydrogens (tertiary/aromatic N) is 1. The van der Waals surface area contributed by atoms with Crippen LogP contribution in [0.25, 0.3) is 0 Å². The van der Waals surface area contributed by atoms with Crippen molar-refractivity contribution in [3.05, 3.63) is 10.6 Å². The lowest BCUT2D eigenvalue weighted by atomic mass is 10.0. The Kier molecular flexibility index (Phi) is 3.31. The molecule has 0 fully saturated rings. The van der Waals surface area contributed by atoms with Crippen LogP contribution in [0.15, 0.2) is 0 Å². The maximum absolute atomic E-state index is 6.03. The van der Waals surface area contributed by atoms with Crippen molar-refractivity contribution in [2.45, 2.75) is 46.0 Å². The van der Waals surface area contributed by atoms with E-state index in [1.807, 2.05) is 0 Å². The first kappa shape index (κ1) is 10.5. The fourth-order valence-corrected chi connectivity index (χ4v) is 2.34. The van der Waals surface area contributed by atoms with Gasteiger partial charge in [0.1, 0.15) is 0 Å². The van der Waals surface area contributed by atoms with Crippen molar-refractivity contribution >= 4 is 17.2 Å².